The van der Waals surface area contributed by atoms with Crippen molar-refractivity contribution in [3.8, 4) is 0 Å². The highest BCUT2D eigenvalue weighted by molar-refractivity contribution is 5.70. The topological polar surface area (TPSA) is 44.1 Å². The number of hydrogen-bond donors (Lipinski definition) is 0. The van der Waals surface area contributed by atoms with Crippen LogP contribution in [0.15, 0.2) is 18.7 Å². The van der Waals surface area contributed by atoms with E-state index >= 15 is 0 Å². The minimum atomic E-state index is -2.86. The molecule has 0 spiro atoms. The third kappa shape index (κ3) is 1.47. The first-order valence-corrected chi connectivity index (χ1v) is 4.16. The maximum Gasteiger partial charge on any atom is 0.419 e. The van der Waals surface area contributed by atoms with E-state index in [4.69, 9.17) is 0 Å². The Kier molecular flexibility index (Phi) is 1.98. The van der Waals surface area contributed by atoms with Crippen LogP contribution in [0.3, 0.4) is 0 Å². The number of imidazole rings is 1. The number of rotatable bonds is 1. The Bertz CT molecular complexity index is 337. The molecule has 2 rings (SSSR count). The molecule has 1 aromatic rings. The maximum atomic E-state index is 12.7. The minimum Gasteiger partial charge on any atom is -0.439 e. The Morgan fingerprint density at radius 1 is 1.64 bits per heavy atom. The van der Waals surface area contributed by atoms with Gasteiger partial charge < -0.3 is 4.74 Å². The van der Waals surface area contributed by atoms with Crippen molar-refractivity contribution in [2.45, 2.75) is 24.9 Å². The third-order valence-corrected chi connectivity index (χ3v) is 2.17. The number of aromatic nitrogens is 2. The van der Waals surface area contributed by atoms with Gasteiger partial charge in [0.2, 0.25) is 0 Å². The van der Waals surface area contributed by atoms with Crippen molar-refractivity contribution in [3.63, 3.8) is 0 Å². The molecule has 1 aliphatic carbocycles. The van der Waals surface area contributed by atoms with Crippen LogP contribution in [0.5, 0.6) is 0 Å². The first-order chi connectivity index (χ1) is 6.59. The van der Waals surface area contributed by atoms with Gasteiger partial charge in [-0.1, -0.05) is 0 Å². The largest absolute Gasteiger partial charge is 0.439 e. The van der Waals surface area contributed by atoms with Gasteiger partial charge in [-0.3, -0.25) is 0 Å². The molecule has 1 unspecified atom stereocenters. The predicted molar refractivity (Wildman–Crippen MR) is 42.1 cm³/mol. The molecule has 6 heteroatoms. The van der Waals surface area contributed by atoms with Crippen molar-refractivity contribution < 1.29 is 18.3 Å². The fraction of sp³-hybridized carbons (Fsp3) is 0.500. The van der Waals surface area contributed by atoms with Crippen molar-refractivity contribution in [2.24, 2.45) is 0 Å². The zero-order valence-corrected chi connectivity index (χ0v) is 7.19. The molecule has 4 nitrogen and oxygen atoms in total. The minimum absolute atomic E-state index is 0.213. The lowest BCUT2D eigenvalue weighted by Gasteiger charge is -2.34. The molecule has 1 aliphatic rings. The lowest BCUT2D eigenvalue weighted by Crippen LogP contribution is -2.47. The standard InChI is InChI=1S/C8H8F2N2O2/c9-8(10)2-1-6(8)14-7(13)12-4-3-11-5-12/h3-6H,1-2H2. The Balaban J connectivity index is 1.96. The number of carbonyl (C=O) groups excluding carboxylic acids is 1. The van der Waals surface area contributed by atoms with Gasteiger partial charge in [-0.15, -0.1) is 0 Å². The van der Waals surface area contributed by atoms with E-state index < -0.39 is 18.1 Å². The van der Waals surface area contributed by atoms with Gasteiger partial charge in [0.15, 0.2) is 6.10 Å². The van der Waals surface area contributed by atoms with Crippen LogP contribution < -0.4 is 0 Å². The molecule has 0 aliphatic heterocycles. The van der Waals surface area contributed by atoms with Crippen LogP contribution in [-0.2, 0) is 4.74 Å². The quantitative estimate of drug-likeness (QED) is 0.695. The molecule has 76 valence electrons. The Labute approximate surface area is 78.5 Å². The Morgan fingerprint density at radius 2 is 2.43 bits per heavy atom. The Morgan fingerprint density at radius 3 is 2.86 bits per heavy atom. The molecule has 0 N–H and O–H groups in total. The second kappa shape index (κ2) is 3.04. The molecular weight excluding hydrogens is 194 g/mol. The van der Waals surface area contributed by atoms with Crippen LogP contribution in [-0.4, -0.2) is 27.7 Å². The van der Waals surface area contributed by atoms with Gasteiger partial charge in [0, 0.05) is 18.8 Å². The highest BCUT2D eigenvalue weighted by atomic mass is 19.3. The predicted octanol–water partition coefficient (Wildman–Crippen LogP) is 1.67. The summed E-state index contributed by atoms with van der Waals surface area (Å²) in [6, 6.07) is 0. The molecule has 1 fully saturated rings. The highest BCUT2D eigenvalue weighted by Gasteiger charge is 2.51. The SMILES string of the molecule is O=C(OC1CCC1(F)F)n1ccnc1. The zero-order valence-electron chi connectivity index (χ0n) is 7.19. The van der Waals surface area contributed by atoms with Crippen LogP contribution in [0.1, 0.15) is 12.8 Å². The molecule has 0 saturated heterocycles. The molecule has 0 amide bonds. The molecular formula is C8H8F2N2O2. The number of alkyl halides is 2. The van der Waals surface area contributed by atoms with Gasteiger partial charge >= 0.3 is 6.09 Å². The average molecular weight is 202 g/mol. The monoisotopic (exact) mass is 202 g/mol. The van der Waals surface area contributed by atoms with Crippen molar-refractivity contribution in [2.75, 3.05) is 0 Å². The number of nitrogens with zero attached hydrogens (tertiary/aromatic N) is 2. The first kappa shape index (κ1) is 9.11. The molecule has 1 saturated carbocycles. The summed E-state index contributed by atoms with van der Waals surface area (Å²) < 4.78 is 31.0. The van der Waals surface area contributed by atoms with Gasteiger partial charge in [-0.2, -0.15) is 0 Å². The summed E-state index contributed by atoms with van der Waals surface area (Å²) in [7, 11) is 0. The summed E-state index contributed by atoms with van der Waals surface area (Å²) in [6.45, 7) is 0. The smallest absolute Gasteiger partial charge is 0.419 e. The lowest BCUT2D eigenvalue weighted by molar-refractivity contribution is -0.175. The van der Waals surface area contributed by atoms with Gasteiger partial charge in [-0.25, -0.2) is 23.1 Å². The Hall–Kier alpha value is -1.46. The average Bonchev–Trinajstić information content (AvgIpc) is 2.65. The van der Waals surface area contributed by atoms with Crippen LogP contribution in [0, 0.1) is 0 Å². The summed E-state index contributed by atoms with van der Waals surface area (Å²) in [6.07, 6.45) is 1.84. The summed E-state index contributed by atoms with van der Waals surface area (Å²) >= 11 is 0. The van der Waals surface area contributed by atoms with E-state index in [9.17, 15) is 13.6 Å². The summed E-state index contributed by atoms with van der Waals surface area (Å²) in [4.78, 5) is 14.8. The van der Waals surface area contributed by atoms with Crippen LogP contribution in [0.4, 0.5) is 13.6 Å². The number of carbonyl (C=O) groups is 1. The number of hydrogen-bond acceptors (Lipinski definition) is 3. The third-order valence-electron chi connectivity index (χ3n) is 2.17. The van der Waals surface area contributed by atoms with E-state index in [2.05, 4.69) is 9.72 Å². The summed E-state index contributed by atoms with van der Waals surface area (Å²) in [5, 5.41) is 0. The van der Waals surface area contributed by atoms with E-state index in [-0.39, 0.29) is 12.8 Å². The summed E-state index contributed by atoms with van der Waals surface area (Å²) in [5.74, 6) is -2.86. The van der Waals surface area contributed by atoms with Gasteiger partial charge in [0.05, 0.1) is 0 Å². The van der Waals surface area contributed by atoms with Crippen LogP contribution in [0.25, 0.3) is 0 Å². The zero-order chi connectivity index (χ0) is 10.2. The van der Waals surface area contributed by atoms with Crippen molar-refractivity contribution in [1.29, 1.82) is 0 Å². The van der Waals surface area contributed by atoms with Crippen LogP contribution in [0.2, 0.25) is 0 Å². The van der Waals surface area contributed by atoms with Crippen molar-refractivity contribution in [3.05, 3.63) is 18.7 Å². The number of halogens is 2. The van der Waals surface area contributed by atoms with Crippen LogP contribution >= 0.6 is 0 Å². The van der Waals surface area contributed by atoms with E-state index in [1.54, 1.807) is 0 Å². The first-order valence-electron chi connectivity index (χ1n) is 4.16. The highest BCUT2D eigenvalue weighted by Crippen LogP contribution is 2.39. The van der Waals surface area contributed by atoms with Gasteiger partial charge in [-0.05, 0) is 6.42 Å². The van der Waals surface area contributed by atoms with Crippen molar-refractivity contribution in [1.82, 2.24) is 9.55 Å². The fourth-order valence-corrected chi connectivity index (χ4v) is 1.18. The molecule has 1 atom stereocenters. The van der Waals surface area contributed by atoms with Gasteiger partial charge in [0.25, 0.3) is 5.92 Å². The molecule has 0 radical (unpaired) electrons. The summed E-state index contributed by atoms with van der Waals surface area (Å²) in [5.41, 5.74) is 0. The molecule has 14 heavy (non-hydrogen) atoms. The van der Waals surface area contributed by atoms with Crippen molar-refractivity contribution >= 4 is 6.09 Å². The normalized spacial score (nSPS) is 24.0. The molecule has 0 aromatic carbocycles. The number of ether oxygens (including phenoxy) is 1. The van der Waals surface area contributed by atoms with E-state index in [1.165, 1.54) is 18.7 Å². The van der Waals surface area contributed by atoms with E-state index in [0.29, 0.717) is 0 Å². The van der Waals surface area contributed by atoms with E-state index in [1.807, 2.05) is 0 Å². The fourth-order valence-electron chi connectivity index (χ4n) is 1.18. The molecule has 0 bridgehead atoms. The lowest BCUT2D eigenvalue weighted by atomic mass is 9.91. The molecule has 1 heterocycles. The van der Waals surface area contributed by atoms with Gasteiger partial charge in [0.1, 0.15) is 6.33 Å². The van der Waals surface area contributed by atoms with E-state index in [0.717, 1.165) is 4.57 Å². The maximum absolute atomic E-state index is 12.7. The molecule has 1 aromatic heterocycles. The second-order valence-corrected chi connectivity index (χ2v) is 3.14. The second-order valence-electron chi connectivity index (χ2n) is 3.14.